The third-order valence-electron chi connectivity index (χ3n) is 2.91. The van der Waals surface area contributed by atoms with Crippen LogP contribution in [0.1, 0.15) is 24.5 Å². The minimum absolute atomic E-state index is 0.530. The Bertz CT molecular complexity index is 312. The van der Waals surface area contributed by atoms with Crippen molar-refractivity contribution in [3.8, 4) is 5.88 Å². The van der Waals surface area contributed by atoms with Gasteiger partial charge in [0.15, 0.2) is 0 Å². The molecule has 0 spiro atoms. The van der Waals surface area contributed by atoms with Crippen molar-refractivity contribution in [2.45, 2.75) is 18.8 Å². The highest BCUT2D eigenvalue weighted by molar-refractivity contribution is 5.15. The van der Waals surface area contributed by atoms with Crippen molar-refractivity contribution < 1.29 is 4.74 Å². The van der Waals surface area contributed by atoms with Crippen molar-refractivity contribution >= 4 is 0 Å². The Morgan fingerprint density at radius 3 is 2.87 bits per heavy atom. The third-order valence-corrected chi connectivity index (χ3v) is 2.91. The zero-order chi connectivity index (χ0) is 10.7. The summed E-state index contributed by atoms with van der Waals surface area (Å²) in [5, 5.41) is 8.21. The Kier molecular flexibility index (Phi) is 3.16. The van der Waals surface area contributed by atoms with Crippen LogP contribution < -0.4 is 4.74 Å². The van der Waals surface area contributed by atoms with Gasteiger partial charge in [0.25, 0.3) is 0 Å². The lowest BCUT2D eigenvalue weighted by atomic mass is 9.95. The second kappa shape index (κ2) is 4.57. The summed E-state index contributed by atoms with van der Waals surface area (Å²) in [7, 11) is 3.77. The molecule has 1 aromatic heterocycles. The molecule has 0 bridgehead atoms. The van der Waals surface area contributed by atoms with Gasteiger partial charge in [0.1, 0.15) is 0 Å². The van der Waals surface area contributed by atoms with Crippen molar-refractivity contribution in [2.24, 2.45) is 0 Å². The average molecular weight is 207 g/mol. The van der Waals surface area contributed by atoms with E-state index in [1.165, 1.54) is 19.4 Å². The zero-order valence-electron chi connectivity index (χ0n) is 9.31. The van der Waals surface area contributed by atoms with Crippen LogP contribution in [-0.2, 0) is 0 Å². The number of hydrogen-bond acceptors (Lipinski definition) is 4. The van der Waals surface area contributed by atoms with Crippen LogP contribution in [0.15, 0.2) is 12.1 Å². The molecule has 1 unspecified atom stereocenters. The van der Waals surface area contributed by atoms with E-state index >= 15 is 0 Å². The first-order valence-electron chi connectivity index (χ1n) is 5.36. The summed E-state index contributed by atoms with van der Waals surface area (Å²) < 4.78 is 4.99. The van der Waals surface area contributed by atoms with E-state index in [2.05, 4.69) is 22.1 Å². The maximum atomic E-state index is 4.99. The van der Waals surface area contributed by atoms with Crippen LogP contribution in [0.2, 0.25) is 0 Å². The van der Waals surface area contributed by atoms with Crippen molar-refractivity contribution in [3.63, 3.8) is 0 Å². The predicted octanol–water partition coefficient (Wildman–Crippen LogP) is 1.29. The Balaban J connectivity index is 2.07. The maximum absolute atomic E-state index is 4.99. The molecule has 1 atom stereocenters. The summed E-state index contributed by atoms with van der Waals surface area (Å²) in [6, 6.07) is 3.91. The SMILES string of the molecule is COc1ccc(C2CCCN(C)C2)nn1. The molecule has 1 aliphatic rings. The summed E-state index contributed by atoms with van der Waals surface area (Å²) in [5.74, 6) is 1.12. The van der Waals surface area contributed by atoms with E-state index in [9.17, 15) is 0 Å². The molecule has 0 N–H and O–H groups in total. The van der Waals surface area contributed by atoms with Crippen LogP contribution in [0.25, 0.3) is 0 Å². The van der Waals surface area contributed by atoms with Crippen molar-refractivity contribution in [1.82, 2.24) is 15.1 Å². The summed E-state index contributed by atoms with van der Waals surface area (Å²) in [6.07, 6.45) is 2.46. The molecule has 0 aromatic carbocycles. The van der Waals surface area contributed by atoms with E-state index in [4.69, 9.17) is 4.74 Å². The number of methoxy groups -OCH3 is 1. The van der Waals surface area contributed by atoms with Crippen LogP contribution in [0.4, 0.5) is 0 Å². The summed E-state index contributed by atoms with van der Waals surface area (Å²) in [6.45, 7) is 2.28. The minimum Gasteiger partial charge on any atom is -0.480 e. The standard InChI is InChI=1S/C11H17N3O/c1-14-7-3-4-9(8-14)10-5-6-11(15-2)13-12-10/h5-6,9H,3-4,7-8H2,1-2H3. The lowest BCUT2D eigenvalue weighted by Crippen LogP contribution is -2.31. The highest BCUT2D eigenvalue weighted by Crippen LogP contribution is 2.24. The molecular weight excluding hydrogens is 190 g/mol. The van der Waals surface area contributed by atoms with Crippen molar-refractivity contribution in [3.05, 3.63) is 17.8 Å². The first-order valence-corrected chi connectivity index (χ1v) is 5.36. The number of likely N-dealkylation sites (tertiary alicyclic amines) is 1. The Labute approximate surface area is 90.3 Å². The van der Waals surface area contributed by atoms with Gasteiger partial charge in [-0.2, -0.15) is 5.10 Å². The van der Waals surface area contributed by atoms with Gasteiger partial charge in [-0.05, 0) is 32.5 Å². The Hall–Kier alpha value is -1.16. The normalized spacial score (nSPS) is 22.7. The first-order chi connectivity index (χ1) is 7.29. The maximum Gasteiger partial charge on any atom is 0.233 e. The van der Waals surface area contributed by atoms with Gasteiger partial charge in [-0.15, -0.1) is 5.10 Å². The van der Waals surface area contributed by atoms with Gasteiger partial charge >= 0.3 is 0 Å². The van der Waals surface area contributed by atoms with E-state index in [-0.39, 0.29) is 0 Å². The molecule has 4 nitrogen and oxygen atoms in total. The van der Waals surface area contributed by atoms with E-state index in [0.717, 1.165) is 12.2 Å². The fourth-order valence-electron chi connectivity index (χ4n) is 2.06. The number of aromatic nitrogens is 2. The molecule has 1 aliphatic heterocycles. The van der Waals surface area contributed by atoms with Gasteiger partial charge in [0.05, 0.1) is 12.8 Å². The molecule has 0 amide bonds. The van der Waals surface area contributed by atoms with Gasteiger partial charge in [-0.1, -0.05) is 0 Å². The van der Waals surface area contributed by atoms with Crippen LogP contribution in [0, 0.1) is 0 Å². The summed E-state index contributed by atoms with van der Waals surface area (Å²) in [4.78, 5) is 2.35. The largest absolute Gasteiger partial charge is 0.480 e. The Morgan fingerprint density at radius 1 is 1.40 bits per heavy atom. The molecule has 15 heavy (non-hydrogen) atoms. The van der Waals surface area contributed by atoms with Crippen LogP contribution in [0.3, 0.4) is 0 Å². The fourth-order valence-corrected chi connectivity index (χ4v) is 2.06. The molecule has 0 saturated carbocycles. The molecule has 1 aromatic rings. The van der Waals surface area contributed by atoms with Crippen molar-refractivity contribution in [2.75, 3.05) is 27.2 Å². The van der Waals surface area contributed by atoms with Gasteiger partial charge < -0.3 is 9.64 Å². The van der Waals surface area contributed by atoms with Gasteiger partial charge in [-0.3, -0.25) is 0 Å². The lowest BCUT2D eigenvalue weighted by molar-refractivity contribution is 0.247. The monoisotopic (exact) mass is 207 g/mol. The van der Waals surface area contributed by atoms with Crippen LogP contribution in [0.5, 0.6) is 5.88 Å². The third kappa shape index (κ3) is 2.45. The average Bonchev–Trinajstić information content (AvgIpc) is 2.29. The molecular formula is C11H17N3O. The lowest BCUT2D eigenvalue weighted by Gasteiger charge is -2.28. The Morgan fingerprint density at radius 2 is 2.27 bits per heavy atom. The predicted molar refractivity (Wildman–Crippen MR) is 58.1 cm³/mol. The van der Waals surface area contributed by atoms with E-state index < -0.39 is 0 Å². The number of nitrogens with zero attached hydrogens (tertiary/aromatic N) is 3. The van der Waals surface area contributed by atoms with Crippen LogP contribution in [-0.4, -0.2) is 42.3 Å². The smallest absolute Gasteiger partial charge is 0.233 e. The second-order valence-corrected chi connectivity index (χ2v) is 4.10. The topological polar surface area (TPSA) is 38.2 Å². The summed E-state index contributed by atoms with van der Waals surface area (Å²) in [5.41, 5.74) is 1.09. The number of ether oxygens (including phenoxy) is 1. The van der Waals surface area contributed by atoms with Gasteiger partial charge in [0, 0.05) is 18.5 Å². The highest BCUT2D eigenvalue weighted by atomic mass is 16.5. The molecule has 0 radical (unpaired) electrons. The number of piperidine rings is 1. The van der Waals surface area contributed by atoms with E-state index in [1.54, 1.807) is 7.11 Å². The zero-order valence-corrected chi connectivity index (χ0v) is 9.31. The molecule has 2 heterocycles. The quantitative estimate of drug-likeness (QED) is 0.732. The summed E-state index contributed by atoms with van der Waals surface area (Å²) >= 11 is 0. The van der Waals surface area contributed by atoms with E-state index in [0.29, 0.717) is 11.8 Å². The van der Waals surface area contributed by atoms with E-state index in [1.807, 2.05) is 12.1 Å². The number of hydrogen-bond donors (Lipinski definition) is 0. The molecule has 1 fully saturated rings. The number of rotatable bonds is 2. The second-order valence-electron chi connectivity index (χ2n) is 4.10. The molecule has 4 heteroatoms. The first kappa shape index (κ1) is 10.4. The highest BCUT2D eigenvalue weighted by Gasteiger charge is 2.20. The number of likely N-dealkylation sites (N-methyl/N-ethyl adjacent to an activating group) is 1. The molecule has 0 aliphatic carbocycles. The molecule has 2 rings (SSSR count). The van der Waals surface area contributed by atoms with Crippen molar-refractivity contribution in [1.29, 1.82) is 0 Å². The van der Waals surface area contributed by atoms with Crippen LogP contribution >= 0.6 is 0 Å². The minimum atomic E-state index is 0.530. The van der Waals surface area contributed by atoms with Gasteiger partial charge in [0.2, 0.25) is 5.88 Å². The fraction of sp³-hybridized carbons (Fsp3) is 0.636. The van der Waals surface area contributed by atoms with Gasteiger partial charge in [-0.25, -0.2) is 0 Å². The molecule has 1 saturated heterocycles. The molecule has 82 valence electrons.